The summed E-state index contributed by atoms with van der Waals surface area (Å²) < 4.78 is 4.39. The minimum absolute atomic E-state index is 0.622. The summed E-state index contributed by atoms with van der Waals surface area (Å²) in [5.74, 6) is 1.89. The zero-order valence-electron chi connectivity index (χ0n) is 28.0. The third kappa shape index (κ3) is 5.22. The molecule has 10 aromatic rings. The molecule has 0 aliphatic carbocycles. The fourth-order valence-electron chi connectivity index (χ4n) is 7.06. The molecule has 0 radical (unpaired) electrons. The first-order valence-electron chi connectivity index (χ1n) is 17.3. The number of para-hydroxylation sites is 1. The van der Waals surface area contributed by atoms with E-state index >= 15 is 0 Å². The standard InChI is InChI=1S/C46H30N6/c1-3-12-31(13-4-1)34-16-11-17-36(28-34)46-49-44(32-14-5-2-6-15-32)48-45(50-46)33-21-24-37(25-22-33)52-41-19-8-7-18-38(41)39-26-23-35(29-42(39)52)40-30-51-27-10-9-20-43(51)47-40/h1-30H. The molecule has 52 heavy (non-hydrogen) atoms. The molecule has 0 saturated carbocycles. The highest BCUT2D eigenvalue weighted by Crippen LogP contribution is 2.35. The number of aromatic nitrogens is 6. The molecule has 6 aromatic carbocycles. The predicted molar refractivity (Wildman–Crippen MR) is 210 cm³/mol. The predicted octanol–water partition coefficient (Wildman–Crippen LogP) is 11.0. The lowest BCUT2D eigenvalue weighted by Crippen LogP contribution is -2.00. The molecule has 0 atom stereocenters. The lowest BCUT2D eigenvalue weighted by molar-refractivity contribution is 1.07. The van der Waals surface area contributed by atoms with E-state index in [0.29, 0.717) is 17.5 Å². The Labute approximate surface area is 300 Å². The van der Waals surface area contributed by atoms with Crippen molar-refractivity contribution in [1.29, 1.82) is 0 Å². The molecule has 6 nitrogen and oxygen atoms in total. The van der Waals surface area contributed by atoms with Crippen LogP contribution in [0.15, 0.2) is 182 Å². The Bertz CT molecular complexity index is 2860. The Hall–Kier alpha value is -7.18. The fourth-order valence-corrected chi connectivity index (χ4v) is 7.06. The van der Waals surface area contributed by atoms with Crippen LogP contribution in [0, 0.1) is 0 Å². The van der Waals surface area contributed by atoms with E-state index in [9.17, 15) is 0 Å². The molecule has 0 spiro atoms. The highest BCUT2D eigenvalue weighted by molar-refractivity contribution is 6.10. The second kappa shape index (κ2) is 12.3. The lowest BCUT2D eigenvalue weighted by atomic mass is 10.0. The van der Waals surface area contributed by atoms with Crippen LogP contribution in [0.4, 0.5) is 0 Å². The van der Waals surface area contributed by atoms with Gasteiger partial charge in [-0.15, -0.1) is 0 Å². The van der Waals surface area contributed by atoms with Gasteiger partial charge in [0.2, 0.25) is 0 Å². The van der Waals surface area contributed by atoms with Crippen molar-refractivity contribution in [2.24, 2.45) is 0 Å². The molecule has 244 valence electrons. The molecule has 0 fully saturated rings. The Morgan fingerprint density at radius 3 is 1.73 bits per heavy atom. The number of fused-ring (bicyclic) bond motifs is 4. The van der Waals surface area contributed by atoms with Gasteiger partial charge in [-0.05, 0) is 65.7 Å². The Balaban J connectivity index is 1.09. The van der Waals surface area contributed by atoms with Crippen molar-refractivity contribution in [3.05, 3.63) is 182 Å². The van der Waals surface area contributed by atoms with Crippen molar-refractivity contribution in [3.63, 3.8) is 0 Å². The molecular weight excluding hydrogens is 637 g/mol. The molecule has 0 amide bonds. The molecule has 10 rings (SSSR count). The van der Waals surface area contributed by atoms with Crippen LogP contribution in [0.25, 0.3) is 89.7 Å². The van der Waals surface area contributed by atoms with E-state index in [1.54, 1.807) is 0 Å². The number of nitrogens with zero attached hydrogens (tertiary/aromatic N) is 6. The van der Waals surface area contributed by atoms with Crippen molar-refractivity contribution < 1.29 is 0 Å². The normalized spacial score (nSPS) is 11.5. The molecule has 0 N–H and O–H groups in total. The average Bonchev–Trinajstić information content (AvgIpc) is 3.81. The van der Waals surface area contributed by atoms with Crippen molar-refractivity contribution in [2.75, 3.05) is 0 Å². The van der Waals surface area contributed by atoms with Gasteiger partial charge in [-0.3, -0.25) is 0 Å². The van der Waals surface area contributed by atoms with Gasteiger partial charge in [0.25, 0.3) is 0 Å². The quantitative estimate of drug-likeness (QED) is 0.177. The number of hydrogen-bond acceptors (Lipinski definition) is 4. The number of benzene rings is 6. The minimum atomic E-state index is 0.622. The van der Waals surface area contributed by atoms with E-state index in [2.05, 4.69) is 130 Å². The zero-order chi connectivity index (χ0) is 34.4. The fraction of sp³-hybridized carbons (Fsp3) is 0. The Morgan fingerprint density at radius 2 is 0.962 bits per heavy atom. The van der Waals surface area contributed by atoms with E-state index in [4.69, 9.17) is 19.9 Å². The maximum absolute atomic E-state index is 5.05. The smallest absolute Gasteiger partial charge is 0.164 e. The molecule has 0 aliphatic heterocycles. The third-order valence-electron chi connectivity index (χ3n) is 9.61. The van der Waals surface area contributed by atoms with Gasteiger partial charge in [0, 0.05) is 51.1 Å². The van der Waals surface area contributed by atoms with Crippen LogP contribution in [0.2, 0.25) is 0 Å². The number of rotatable bonds is 6. The van der Waals surface area contributed by atoms with E-state index < -0.39 is 0 Å². The molecule has 0 bridgehead atoms. The summed E-state index contributed by atoms with van der Waals surface area (Å²) in [4.78, 5) is 19.9. The van der Waals surface area contributed by atoms with Crippen LogP contribution < -0.4 is 0 Å². The van der Waals surface area contributed by atoms with Gasteiger partial charge in [0.15, 0.2) is 17.5 Å². The van der Waals surface area contributed by atoms with Crippen molar-refractivity contribution in [3.8, 4) is 62.2 Å². The summed E-state index contributed by atoms with van der Waals surface area (Å²) in [5.41, 5.74) is 11.3. The third-order valence-corrected chi connectivity index (χ3v) is 9.61. The van der Waals surface area contributed by atoms with Gasteiger partial charge in [-0.1, -0.05) is 115 Å². The monoisotopic (exact) mass is 666 g/mol. The summed E-state index contributed by atoms with van der Waals surface area (Å²) in [6.45, 7) is 0. The zero-order valence-corrected chi connectivity index (χ0v) is 28.0. The first kappa shape index (κ1) is 29.7. The van der Waals surface area contributed by atoms with Crippen LogP contribution in [0.5, 0.6) is 0 Å². The van der Waals surface area contributed by atoms with E-state index in [1.807, 2.05) is 60.8 Å². The molecule has 6 heteroatoms. The summed E-state index contributed by atoms with van der Waals surface area (Å²) in [7, 11) is 0. The summed E-state index contributed by atoms with van der Waals surface area (Å²) >= 11 is 0. The van der Waals surface area contributed by atoms with Gasteiger partial charge in [0.1, 0.15) is 5.65 Å². The van der Waals surface area contributed by atoms with Gasteiger partial charge in [-0.25, -0.2) is 19.9 Å². The van der Waals surface area contributed by atoms with Gasteiger partial charge in [0.05, 0.1) is 16.7 Å². The first-order chi connectivity index (χ1) is 25.7. The minimum Gasteiger partial charge on any atom is -0.309 e. The van der Waals surface area contributed by atoms with Crippen LogP contribution >= 0.6 is 0 Å². The van der Waals surface area contributed by atoms with E-state index in [0.717, 1.165) is 61.4 Å². The highest BCUT2D eigenvalue weighted by Gasteiger charge is 2.16. The van der Waals surface area contributed by atoms with E-state index in [1.165, 1.54) is 10.8 Å². The molecule has 0 unspecified atom stereocenters. The molecule has 0 saturated heterocycles. The van der Waals surface area contributed by atoms with Crippen molar-refractivity contribution >= 4 is 27.5 Å². The van der Waals surface area contributed by atoms with Gasteiger partial charge in [-0.2, -0.15) is 0 Å². The Morgan fingerprint density at radius 1 is 0.365 bits per heavy atom. The average molecular weight is 667 g/mol. The van der Waals surface area contributed by atoms with Crippen LogP contribution in [0.3, 0.4) is 0 Å². The maximum atomic E-state index is 5.05. The van der Waals surface area contributed by atoms with Gasteiger partial charge < -0.3 is 8.97 Å². The molecule has 4 heterocycles. The molecule has 4 aromatic heterocycles. The summed E-state index contributed by atoms with van der Waals surface area (Å²) in [6.07, 6.45) is 4.12. The number of hydrogen-bond donors (Lipinski definition) is 0. The van der Waals surface area contributed by atoms with Crippen molar-refractivity contribution in [2.45, 2.75) is 0 Å². The largest absolute Gasteiger partial charge is 0.309 e. The summed E-state index contributed by atoms with van der Waals surface area (Å²) in [6, 6.07) is 58.6. The van der Waals surface area contributed by atoms with Crippen LogP contribution in [-0.4, -0.2) is 28.9 Å². The lowest BCUT2D eigenvalue weighted by Gasteiger charge is -2.11. The second-order valence-corrected chi connectivity index (χ2v) is 12.8. The van der Waals surface area contributed by atoms with Crippen LogP contribution in [0.1, 0.15) is 0 Å². The maximum Gasteiger partial charge on any atom is 0.164 e. The van der Waals surface area contributed by atoms with Gasteiger partial charge >= 0.3 is 0 Å². The van der Waals surface area contributed by atoms with Crippen LogP contribution in [-0.2, 0) is 0 Å². The number of pyridine rings is 1. The molecular formula is C46H30N6. The van der Waals surface area contributed by atoms with E-state index in [-0.39, 0.29) is 0 Å². The summed E-state index contributed by atoms with van der Waals surface area (Å²) in [5, 5.41) is 2.40. The number of imidazole rings is 1. The SMILES string of the molecule is c1ccc(-c2cccc(-c3nc(-c4ccccc4)nc(-c4ccc(-n5c6ccccc6c6ccc(-c7cn8ccccc8n7)cc65)cc4)n3)c2)cc1. The highest BCUT2D eigenvalue weighted by atomic mass is 15.0. The second-order valence-electron chi connectivity index (χ2n) is 12.8. The topological polar surface area (TPSA) is 60.9 Å². The van der Waals surface area contributed by atoms with Crippen molar-refractivity contribution in [1.82, 2.24) is 28.9 Å². The first-order valence-corrected chi connectivity index (χ1v) is 17.3. The molecule has 0 aliphatic rings. The Kier molecular flexibility index (Phi) is 7.03.